The number of Topliss-reactive ketones (excluding diaryl/α,β-unsaturated/α-hetero) is 1. The molecule has 0 aliphatic rings. The van der Waals surface area contributed by atoms with Gasteiger partial charge < -0.3 is 4.79 Å². The highest BCUT2D eigenvalue weighted by Crippen LogP contribution is 2.15. The van der Waals surface area contributed by atoms with Crippen LogP contribution in [0, 0.1) is 5.92 Å². The minimum absolute atomic E-state index is 0.339. The van der Waals surface area contributed by atoms with Gasteiger partial charge in [0.15, 0.2) is 0 Å². The highest BCUT2D eigenvalue weighted by atomic mass is 16.1. The van der Waals surface area contributed by atoms with Crippen molar-refractivity contribution in [2.24, 2.45) is 5.92 Å². The average Bonchev–Trinajstić information content (AvgIpc) is 2.16. The zero-order chi connectivity index (χ0) is 11.5. The van der Waals surface area contributed by atoms with Gasteiger partial charge in [-0.3, -0.25) is 0 Å². The Morgan fingerprint density at radius 2 is 1.60 bits per heavy atom. The first-order chi connectivity index (χ1) is 7.16. The second-order valence-corrected chi connectivity index (χ2v) is 4.90. The van der Waals surface area contributed by atoms with E-state index in [1.807, 2.05) is 0 Å². The van der Waals surface area contributed by atoms with E-state index in [1.54, 1.807) is 6.92 Å². The van der Waals surface area contributed by atoms with E-state index in [1.165, 1.54) is 44.9 Å². The molecule has 90 valence electrons. The summed E-state index contributed by atoms with van der Waals surface area (Å²) in [6, 6.07) is 0. The second-order valence-electron chi connectivity index (χ2n) is 4.90. The third kappa shape index (κ3) is 11.6. The molecule has 0 aliphatic heterocycles. The summed E-state index contributed by atoms with van der Waals surface area (Å²) in [5, 5.41) is 0. The van der Waals surface area contributed by atoms with Crippen molar-refractivity contribution >= 4 is 5.78 Å². The van der Waals surface area contributed by atoms with Crippen LogP contribution in [0.4, 0.5) is 0 Å². The van der Waals surface area contributed by atoms with Gasteiger partial charge in [0.2, 0.25) is 0 Å². The maximum absolute atomic E-state index is 10.7. The zero-order valence-corrected chi connectivity index (χ0v) is 10.8. The summed E-state index contributed by atoms with van der Waals surface area (Å²) in [5.41, 5.74) is 0. The Kier molecular flexibility index (Phi) is 9.97. The van der Waals surface area contributed by atoms with Crippen LogP contribution in [0.2, 0.25) is 0 Å². The summed E-state index contributed by atoms with van der Waals surface area (Å²) < 4.78 is 0. The number of hydrogen-bond donors (Lipinski definition) is 0. The van der Waals surface area contributed by atoms with Gasteiger partial charge in [-0.2, -0.15) is 0 Å². The third-order valence-electron chi connectivity index (χ3n) is 3.01. The van der Waals surface area contributed by atoms with E-state index in [9.17, 15) is 4.79 Å². The summed E-state index contributed by atoms with van der Waals surface area (Å²) in [6.45, 7) is 6.31. The number of carbonyl (C=O) groups is 1. The lowest BCUT2D eigenvalue weighted by Crippen LogP contribution is -1.94. The molecule has 1 atom stereocenters. The van der Waals surface area contributed by atoms with Crippen LogP contribution in [0.3, 0.4) is 0 Å². The quantitative estimate of drug-likeness (QED) is 0.478. The van der Waals surface area contributed by atoms with Crippen molar-refractivity contribution in [3.63, 3.8) is 0 Å². The third-order valence-corrected chi connectivity index (χ3v) is 3.01. The standard InChI is InChI=1S/C14H28O/c1-4-10-13(2)11-8-6-5-7-9-12-14(3)15/h13H,4-12H2,1-3H3. The largest absolute Gasteiger partial charge is 0.300 e. The lowest BCUT2D eigenvalue weighted by molar-refractivity contribution is -0.117. The van der Waals surface area contributed by atoms with Gasteiger partial charge in [0.1, 0.15) is 5.78 Å². The van der Waals surface area contributed by atoms with Gasteiger partial charge in [-0.1, -0.05) is 58.8 Å². The number of rotatable bonds is 10. The van der Waals surface area contributed by atoms with Crippen LogP contribution in [0.5, 0.6) is 0 Å². The molecule has 1 nitrogen and oxygen atoms in total. The molecule has 0 fully saturated rings. The molecule has 0 radical (unpaired) electrons. The average molecular weight is 212 g/mol. The molecule has 0 bridgehead atoms. The Bertz CT molecular complexity index is 151. The van der Waals surface area contributed by atoms with Crippen molar-refractivity contribution in [1.29, 1.82) is 0 Å². The number of ketones is 1. The van der Waals surface area contributed by atoms with Crippen LogP contribution < -0.4 is 0 Å². The van der Waals surface area contributed by atoms with E-state index in [-0.39, 0.29) is 0 Å². The minimum Gasteiger partial charge on any atom is -0.300 e. The Labute approximate surface area is 95.6 Å². The fourth-order valence-electron chi connectivity index (χ4n) is 2.03. The van der Waals surface area contributed by atoms with Gasteiger partial charge in [0.25, 0.3) is 0 Å². The first-order valence-corrected chi connectivity index (χ1v) is 6.66. The molecule has 0 aromatic rings. The van der Waals surface area contributed by atoms with Gasteiger partial charge in [-0.15, -0.1) is 0 Å². The van der Waals surface area contributed by atoms with Crippen molar-refractivity contribution < 1.29 is 4.79 Å². The molecule has 0 aromatic carbocycles. The summed E-state index contributed by atoms with van der Waals surface area (Å²) in [6.07, 6.45) is 11.2. The Morgan fingerprint density at radius 3 is 2.20 bits per heavy atom. The molecule has 0 spiro atoms. The van der Waals surface area contributed by atoms with Gasteiger partial charge >= 0.3 is 0 Å². The highest BCUT2D eigenvalue weighted by molar-refractivity contribution is 5.75. The maximum atomic E-state index is 10.7. The summed E-state index contributed by atoms with van der Waals surface area (Å²) in [4.78, 5) is 10.7. The molecule has 0 saturated heterocycles. The molecule has 0 amide bonds. The monoisotopic (exact) mass is 212 g/mol. The number of unbranched alkanes of at least 4 members (excludes halogenated alkanes) is 4. The molecule has 1 heteroatoms. The van der Waals surface area contributed by atoms with E-state index in [4.69, 9.17) is 0 Å². The van der Waals surface area contributed by atoms with E-state index < -0.39 is 0 Å². The summed E-state index contributed by atoms with van der Waals surface area (Å²) >= 11 is 0. The summed E-state index contributed by atoms with van der Waals surface area (Å²) in [5.74, 6) is 1.25. The van der Waals surface area contributed by atoms with Crippen molar-refractivity contribution in [1.82, 2.24) is 0 Å². The van der Waals surface area contributed by atoms with Crippen LogP contribution in [-0.4, -0.2) is 5.78 Å². The zero-order valence-electron chi connectivity index (χ0n) is 10.8. The van der Waals surface area contributed by atoms with E-state index >= 15 is 0 Å². The predicted molar refractivity (Wildman–Crippen MR) is 67.1 cm³/mol. The lowest BCUT2D eigenvalue weighted by Gasteiger charge is -2.08. The fourth-order valence-corrected chi connectivity index (χ4v) is 2.03. The molecule has 1 unspecified atom stereocenters. The van der Waals surface area contributed by atoms with Crippen molar-refractivity contribution in [2.45, 2.75) is 78.6 Å². The molecular formula is C14H28O. The van der Waals surface area contributed by atoms with Gasteiger partial charge in [-0.25, -0.2) is 0 Å². The van der Waals surface area contributed by atoms with Gasteiger partial charge in [0.05, 0.1) is 0 Å². The molecular weight excluding hydrogens is 184 g/mol. The molecule has 0 aliphatic carbocycles. The van der Waals surface area contributed by atoms with Crippen LogP contribution in [0.1, 0.15) is 78.6 Å². The maximum Gasteiger partial charge on any atom is 0.129 e. The normalized spacial score (nSPS) is 12.7. The Hall–Kier alpha value is -0.330. The Balaban J connectivity index is 3.07. The van der Waals surface area contributed by atoms with E-state index in [2.05, 4.69) is 13.8 Å². The van der Waals surface area contributed by atoms with Crippen LogP contribution in [0.25, 0.3) is 0 Å². The first kappa shape index (κ1) is 14.7. The second kappa shape index (κ2) is 10.2. The number of carbonyl (C=O) groups excluding carboxylic acids is 1. The van der Waals surface area contributed by atoms with Crippen molar-refractivity contribution in [3.05, 3.63) is 0 Å². The minimum atomic E-state index is 0.339. The van der Waals surface area contributed by atoms with Gasteiger partial charge in [0, 0.05) is 6.42 Å². The molecule has 0 rings (SSSR count). The van der Waals surface area contributed by atoms with Crippen molar-refractivity contribution in [3.8, 4) is 0 Å². The topological polar surface area (TPSA) is 17.1 Å². The molecule has 0 N–H and O–H groups in total. The van der Waals surface area contributed by atoms with Crippen LogP contribution >= 0.6 is 0 Å². The highest BCUT2D eigenvalue weighted by Gasteiger charge is 2.00. The first-order valence-electron chi connectivity index (χ1n) is 6.66. The molecule has 0 saturated carbocycles. The molecule has 0 heterocycles. The fraction of sp³-hybridized carbons (Fsp3) is 0.929. The van der Waals surface area contributed by atoms with Gasteiger partial charge in [-0.05, 0) is 19.3 Å². The predicted octanol–water partition coefficient (Wildman–Crippen LogP) is 4.74. The Morgan fingerprint density at radius 1 is 1.00 bits per heavy atom. The van der Waals surface area contributed by atoms with Crippen LogP contribution in [0.15, 0.2) is 0 Å². The molecule has 0 aromatic heterocycles. The van der Waals surface area contributed by atoms with Crippen molar-refractivity contribution in [2.75, 3.05) is 0 Å². The van der Waals surface area contributed by atoms with E-state index in [0.717, 1.165) is 18.8 Å². The molecule has 15 heavy (non-hydrogen) atoms. The SMILES string of the molecule is CCCC(C)CCCCCCCC(C)=O. The lowest BCUT2D eigenvalue weighted by atomic mass is 9.98. The summed E-state index contributed by atoms with van der Waals surface area (Å²) in [7, 11) is 0. The van der Waals surface area contributed by atoms with Crippen LogP contribution in [-0.2, 0) is 4.79 Å². The smallest absolute Gasteiger partial charge is 0.129 e. The number of hydrogen-bond acceptors (Lipinski definition) is 1. The van der Waals surface area contributed by atoms with E-state index in [0.29, 0.717) is 5.78 Å².